The largest absolute Gasteiger partial charge is 0.416 e. The summed E-state index contributed by atoms with van der Waals surface area (Å²) >= 11 is 0. The van der Waals surface area contributed by atoms with Gasteiger partial charge in [0.15, 0.2) is 0 Å². The summed E-state index contributed by atoms with van der Waals surface area (Å²) in [4.78, 5) is 22.8. The molecule has 8 heteroatoms. The van der Waals surface area contributed by atoms with Crippen LogP contribution in [-0.4, -0.2) is 22.4 Å². The molecule has 2 aromatic carbocycles. The second-order valence-electron chi connectivity index (χ2n) is 6.68. The number of benzene rings is 2. The molecule has 1 aromatic heterocycles. The van der Waals surface area contributed by atoms with Crippen molar-refractivity contribution in [2.24, 2.45) is 0 Å². The molecule has 0 radical (unpaired) electrons. The number of hydrogen-bond acceptors (Lipinski definition) is 4. The third-order valence-corrected chi connectivity index (χ3v) is 4.69. The third kappa shape index (κ3) is 4.06. The summed E-state index contributed by atoms with van der Waals surface area (Å²) in [6.45, 7) is 0.599. The second-order valence-corrected chi connectivity index (χ2v) is 6.68. The third-order valence-electron chi connectivity index (χ3n) is 4.69. The lowest BCUT2D eigenvalue weighted by Gasteiger charge is -2.29. The number of aromatic nitrogens is 2. The Labute approximate surface area is 165 Å². The van der Waals surface area contributed by atoms with Gasteiger partial charge in [0.05, 0.1) is 18.0 Å². The minimum absolute atomic E-state index is 0.177. The average Bonchev–Trinajstić information content (AvgIpc) is 2.73. The molecule has 3 aromatic rings. The highest BCUT2D eigenvalue weighted by atomic mass is 19.4. The molecule has 0 atom stereocenters. The number of carbonyl (C=O) groups is 1. The molecular formula is C21H17F3N4O. The minimum atomic E-state index is -4.43. The molecule has 1 aliphatic heterocycles. The van der Waals surface area contributed by atoms with E-state index in [1.165, 1.54) is 24.5 Å². The summed E-state index contributed by atoms with van der Waals surface area (Å²) < 4.78 is 38.5. The number of nitrogens with one attached hydrogen (secondary N) is 1. The molecule has 0 unspecified atom stereocenters. The summed E-state index contributed by atoms with van der Waals surface area (Å²) in [6, 6.07) is 12.5. The summed E-state index contributed by atoms with van der Waals surface area (Å²) in [5.74, 6) is -0.00446. The molecule has 0 saturated heterocycles. The maximum Gasteiger partial charge on any atom is 0.416 e. The lowest BCUT2D eigenvalue weighted by molar-refractivity contribution is -0.137. The van der Waals surface area contributed by atoms with E-state index >= 15 is 0 Å². The molecule has 1 N–H and O–H groups in total. The van der Waals surface area contributed by atoms with Crippen LogP contribution < -0.4 is 10.2 Å². The number of hydrogen-bond donors (Lipinski definition) is 1. The highest BCUT2D eigenvalue weighted by Crippen LogP contribution is 2.31. The van der Waals surface area contributed by atoms with Gasteiger partial charge in [0.2, 0.25) is 0 Å². The molecule has 0 aliphatic carbocycles. The fourth-order valence-corrected chi connectivity index (χ4v) is 3.31. The van der Waals surface area contributed by atoms with Crippen LogP contribution in [0, 0.1) is 0 Å². The van der Waals surface area contributed by atoms with E-state index in [1.54, 1.807) is 4.90 Å². The Morgan fingerprint density at radius 2 is 1.86 bits per heavy atom. The van der Waals surface area contributed by atoms with Crippen LogP contribution >= 0.6 is 0 Å². The van der Waals surface area contributed by atoms with Crippen molar-refractivity contribution in [1.29, 1.82) is 0 Å². The molecule has 0 saturated carbocycles. The van der Waals surface area contributed by atoms with Gasteiger partial charge in [-0.05, 0) is 42.7 Å². The number of para-hydroxylation sites is 1. The molecule has 0 spiro atoms. The number of nitrogens with zero attached hydrogens (tertiary/aromatic N) is 3. The molecule has 0 bridgehead atoms. The molecule has 1 amide bonds. The van der Waals surface area contributed by atoms with E-state index in [2.05, 4.69) is 15.3 Å². The first kappa shape index (κ1) is 18.9. The molecule has 1 aliphatic rings. The van der Waals surface area contributed by atoms with Gasteiger partial charge in [0.1, 0.15) is 11.5 Å². The number of halogens is 3. The first-order valence-electron chi connectivity index (χ1n) is 9.08. The fourth-order valence-electron chi connectivity index (χ4n) is 3.31. The second kappa shape index (κ2) is 7.54. The van der Waals surface area contributed by atoms with Gasteiger partial charge in [-0.3, -0.25) is 4.79 Å². The first-order chi connectivity index (χ1) is 13.9. The van der Waals surface area contributed by atoms with Crippen molar-refractivity contribution in [3.8, 4) is 0 Å². The minimum Gasteiger partial charge on any atom is -0.339 e. The zero-order chi connectivity index (χ0) is 20.4. The monoisotopic (exact) mass is 398 g/mol. The summed E-state index contributed by atoms with van der Waals surface area (Å²) in [7, 11) is 0. The normalized spacial score (nSPS) is 13.7. The maximum atomic E-state index is 12.9. The predicted octanol–water partition coefficient (Wildman–Crippen LogP) is 4.83. The maximum absolute atomic E-state index is 12.9. The van der Waals surface area contributed by atoms with Crippen LogP contribution in [-0.2, 0) is 12.6 Å². The standard InChI is InChI=1S/C21H17F3N4O/c22-21(23,24)15-7-3-8-16(11-15)27-19-13-25-17(12-26-19)20(29)28-10-4-6-14-5-1-2-9-18(14)28/h1-3,5,7-9,11-13H,4,6,10H2,(H,26,27). The fraction of sp³-hybridized carbons (Fsp3) is 0.190. The van der Waals surface area contributed by atoms with Gasteiger partial charge in [-0.15, -0.1) is 0 Å². The number of anilines is 3. The van der Waals surface area contributed by atoms with Crippen LogP contribution in [0.15, 0.2) is 60.9 Å². The Hall–Kier alpha value is -3.42. The SMILES string of the molecule is O=C(c1cnc(Nc2cccc(C(F)(F)F)c2)cn1)N1CCCc2ccccc21. The average molecular weight is 398 g/mol. The molecular weight excluding hydrogens is 381 g/mol. The van der Waals surface area contributed by atoms with Gasteiger partial charge in [-0.1, -0.05) is 24.3 Å². The van der Waals surface area contributed by atoms with E-state index < -0.39 is 11.7 Å². The molecule has 148 valence electrons. The van der Waals surface area contributed by atoms with Crippen molar-refractivity contribution in [3.05, 3.63) is 77.7 Å². The lowest BCUT2D eigenvalue weighted by Crippen LogP contribution is -2.36. The summed E-state index contributed by atoms with van der Waals surface area (Å²) in [6.07, 6.45) is 0.0278. The van der Waals surface area contributed by atoms with E-state index in [4.69, 9.17) is 0 Å². The van der Waals surface area contributed by atoms with Gasteiger partial charge >= 0.3 is 6.18 Å². The zero-order valence-corrected chi connectivity index (χ0v) is 15.3. The van der Waals surface area contributed by atoms with Gasteiger partial charge in [0, 0.05) is 17.9 Å². The quantitative estimate of drug-likeness (QED) is 0.687. The number of carbonyl (C=O) groups excluding carboxylic acids is 1. The lowest BCUT2D eigenvalue weighted by atomic mass is 10.0. The number of alkyl halides is 3. The molecule has 4 rings (SSSR count). The number of rotatable bonds is 3. The topological polar surface area (TPSA) is 58.1 Å². The number of aryl methyl sites for hydroxylation is 1. The van der Waals surface area contributed by atoms with Crippen molar-refractivity contribution in [3.63, 3.8) is 0 Å². The van der Waals surface area contributed by atoms with E-state index in [1.807, 2.05) is 24.3 Å². The van der Waals surface area contributed by atoms with E-state index in [0.717, 1.165) is 36.2 Å². The molecule has 29 heavy (non-hydrogen) atoms. The van der Waals surface area contributed by atoms with Crippen molar-refractivity contribution >= 4 is 23.1 Å². The van der Waals surface area contributed by atoms with Crippen LogP contribution in [0.2, 0.25) is 0 Å². The van der Waals surface area contributed by atoms with Crippen molar-refractivity contribution < 1.29 is 18.0 Å². The van der Waals surface area contributed by atoms with E-state index in [-0.39, 0.29) is 23.1 Å². The zero-order valence-electron chi connectivity index (χ0n) is 15.3. The summed E-state index contributed by atoms with van der Waals surface area (Å²) in [5, 5.41) is 2.78. The van der Waals surface area contributed by atoms with Crippen LogP contribution in [0.1, 0.15) is 28.0 Å². The van der Waals surface area contributed by atoms with Crippen molar-refractivity contribution in [1.82, 2.24) is 9.97 Å². The Kier molecular flexibility index (Phi) is 4.92. The number of amides is 1. The van der Waals surface area contributed by atoms with E-state index in [9.17, 15) is 18.0 Å². The van der Waals surface area contributed by atoms with Gasteiger partial charge < -0.3 is 10.2 Å². The Balaban J connectivity index is 1.51. The smallest absolute Gasteiger partial charge is 0.339 e. The van der Waals surface area contributed by atoms with Crippen LogP contribution in [0.25, 0.3) is 0 Å². The van der Waals surface area contributed by atoms with Crippen molar-refractivity contribution in [2.45, 2.75) is 19.0 Å². The van der Waals surface area contributed by atoms with Crippen LogP contribution in [0.3, 0.4) is 0 Å². The number of fused-ring (bicyclic) bond motifs is 1. The molecule has 0 fully saturated rings. The molecule has 2 heterocycles. The Morgan fingerprint density at radius 3 is 2.62 bits per heavy atom. The highest BCUT2D eigenvalue weighted by molar-refractivity contribution is 6.05. The summed E-state index contributed by atoms with van der Waals surface area (Å²) in [5.41, 5.74) is 1.64. The first-order valence-corrected chi connectivity index (χ1v) is 9.08. The van der Waals surface area contributed by atoms with Gasteiger partial charge in [-0.25, -0.2) is 9.97 Å². The van der Waals surface area contributed by atoms with Crippen LogP contribution in [0.4, 0.5) is 30.4 Å². The molecule has 5 nitrogen and oxygen atoms in total. The van der Waals surface area contributed by atoms with Crippen LogP contribution in [0.5, 0.6) is 0 Å². The van der Waals surface area contributed by atoms with Crippen molar-refractivity contribution in [2.75, 3.05) is 16.8 Å². The Bertz CT molecular complexity index is 1030. The van der Waals surface area contributed by atoms with Gasteiger partial charge in [0.25, 0.3) is 5.91 Å². The van der Waals surface area contributed by atoms with Gasteiger partial charge in [-0.2, -0.15) is 13.2 Å². The van der Waals surface area contributed by atoms with E-state index in [0.29, 0.717) is 6.54 Å². The predicted molar refractivity (Wildman–Crippen MR) is 103 cm³/mol. The highest BCUT2D eigenvalue weighted by Gasteiger charge is 2.30. The Morgan fingerprint density at radius 1 is 1.03 bits per heavy atom.